The number of hydrogen-bond acceptors (Lipinski definition) is 13. The first kappa shape index (κ1) is 49.6. The summed E-state index contributed by atoms with van der Waals surface area (Å²) in [6, 6.07) is 0. The zero-order valence-corrected chi connectivity index (χ0v) is 33.9. The Balaban J connectivity index is 0.0000112. The van der Waals surface area contributed by atoms with E-state index in [1.807, 2.05) is 0 Å². The number of halogens is 1. The van der Waals surface area contributed by atoms with E-state index in [1.165, 1.54) is 4.90 Å². The summed E-state index contributed by atoms with van der Waals surface area (Å²) in [5.41, 5.74) is -2.39. The van der Waals surface area contributed by atoms with E-state index in [9.17, 15) is 63.6 Å². The van der Waals surface area contributed by atoms with Crippen LogP contribution in [0.5, 0.6) is 0 Å². The summed E-state index contributed by atoms with van der Waals surface area (Å²) < 4.78 is 15.8. The molecule has 320 valence electrons. The molecule has 3 aliphatic rings. The maximum absolute atomic E-state index is 15.8. The average Bonchev–Trinajstić information content (AvgIpc) is 3.44. The second-order valence-electron chi connectivity index (χ2n) is 14.2. The van der Waals surface area contributed by atoms with Crippen LogP contribution < -0.4 is 5.32 Å². The molecule has 20 nitrogen and oxygen atoms in total. The van der Waals surface area contributed by atoms with Crippen LogP contribution in [0.1, 0.15) is 38.5 Å². The van der Waals surface area contributed by atoms with E-state index in [0.717, 1.165) is 17.1 Å². The first-order valence-electron chi connectivity index (χ1n) is 18.5. The van der Waals surface area contributed by atoms with E-state index in [4.69, 9.17) is 0 Å². The fraction of sp³-hybridized carbons (Fsp3) is 0.686. The fourth-order valence-electron chi connectivity index (χ4n) is 6.72. The summed E-state index contributed by atoms with van der Waals surface area (Å²) in [5, 5.41) is 40.0. The average molecular weight is 955 g/mol. The Morgan fingerprint density at radius 1 is 0.667 bits per heavy atom. The molecular formula is C35H52FGdN7O13. The zero-order chi connectivity index (χ0) is 41.4. The van der Waals surface area contributed by atoms with Gasteiger partial charge in [-0.25, -0.2) is 4.39 Å². The molecule has 0 bridgehead atoms. The molecule has 22 heteroatoms. The number of hydrogen-bond donors (Lipinski definition) is 5. The van der Waals surface area contributed by atoms with Crippen LogP contribution in [0.3, 0.4) is 0 Å². The standard InChI is InChI=1S/C35H52FN7O13.Gd/c36-35(34(56)37-20-26(44)19-25(33(54)55)3-1-2-8-43-27(45)4-5-28(43)46)6-9-42(10-7-35)29(47)21-38-11-13-39(22-30(48)49)15-17-41(24-32(52)53)18-16-40(14-12-38)23-31(50)51;/h4-5,25H,1-3,6-24H2,(H,37,56)(H,48,49)(H,50,51)(H,52,53)(H,54,55);/t25-;/m1./s1. The molecule has 0 spiro atoms. The van der Waals surface area contributed by atoms with E-state index in [2.05, 4.69) is 5.32 Å². The van der Waals surface area contributed by atoms with E-state index in [0.29, 0.717) is 12.8 Å². The van der Waals surface area contributed by atoms with Crippen LogP contribution in [0, 0.1) is 45.9 Å². The number of rotatable bonds is 19. The first-order valence-corrected chi connectivity index (χ1v) is 18.5. The van der Waals surface area contributed by atoms with Gasteiger partial charge in [-0.05, 0) is 12.8 Å². The zero-order valence-electron chi connectivity index (χ0n) is 31.7. The van der Waals surface area contributed by atoms with Gasteiger partial charge in [-0.2, -0.15) is 0 Å². The van der Waals surface area contributed by atoms with Crippen molar-refractivity contribution in [3.8, 4) is 0 Å². The van der Waals surface area contributed by atoms with Crippen LogP contribution in [0.15, 0.2) is 12.2 Å². The van der Waals surface area contributed by atoms with Crippen LogP contribution in [-0.2, 0) is 43.2 Å². The number of Topliss-reactive ketones (excluding diaryl/α,β-unsaturated/α-hetero) is 1. The second kappa shape index (κ2) is 24.4. The Morgan fingerprint density at radius 3 is 1.49 bits per heavy atom. The van der Waals surface area contributed by atoms with Crippen molar-refractivity contribution in [3.05, 3.63) is 12.2 Å². The summed E-state index contributed by atoms with van der Waals surface area (Å²) >= 11 is 0. The monoisotopic (exact) mass is 955 g/mol. The van der Waals surface area contributed by atoms with Gasteiger partial charge in [-0.1, -0.05) is 6.42 Å². The molecule has 2 saturated heterocycles. The van der Waals surface area contributed by atoms with Crippen LogP contribution in [0.4, 0.5) is 4.39 Å². The van der Waals surface area contributed by atoms with Crippen molar-refractivity contribution in [2.75, 3.05) is 105 Å². The van der Waals surface area contributed by atoms with E-state index < -0.39 is 71.9 Å². The fourth-order valence-corrected chi connectivity index (χ4v) is 6.72. The normalized spacial score (nSPS) is 19.5. The third-order valence-corrected chi connectivity index (χ3v) is 10.0. The van der Waals surface area contributed by atoms with Gasteiger partial charge in [0.1, 0.15) is 0 Å². The molecule has 0 unspecified atom stereocenters. The Kier molecular flexibility index (Phi) is 21.2. The topological polar surface area (TPSA) is 266 Å². The molecule has 5 N–H and O–H groups in total. The third kappa shape index (κ3) is 17.5. The van der Waals surface area contributed by atoms with Crippen molar-refractivity contribution in [1.82, 2.24) is 34.7 Å². The number of carbonyl (C=O) groups is 9. The summed E-state index contributed by atoms with van der Waals surface area (Å²) in [6.07, 6.45) is 1.89. The van der Waals surface area contributed by atoms with Crippen molar-refractivity contribution in [2.45, 2.75) is 44.2 Å². The molecule has 0 aromatic rings. The molecule has 0 saturated carbocycles. The summed E-state index contributed by atoms with van der Waals surface area (Å²) in [6.45, 7) is -0.101. The van der Waals surface area contributed by atoms with Crippen molar-refractivity contribution in [3.63, 3.8) is 0 Å². The largest absolute Gasteiger partial charge is 0.481 e. The van der Waals surface area contributed by atoms with Gasteiger partial charge in [0.25, 0.3) is 17.7 Å². The van der Waals surface area contributed by atoms with Crippen LogP contribution in [0.25, 0.3) is 0 Å². The summed E-state index contributed by atoms with van der Waals surface area (Å²) in [4.78, 5) is 117. The Bertz CT molecular complexity index is 1460. The molecular weight excluding hydrogens is 903 g/mol. The SMILES string of the molecule is O=C(O)CN1CCN(CC(=O)O)CCN(CC(=O)N2CCC(F)(C(=O)NCC(=O)C[C@@H](CCCCN3C(=O)C=CC3=O)C(=O)O)CC2)CCN(CC(=O)O)CC1.[Gd]. The summed E-state index contributed by atoms with van der Waals surface area (Å²) in [7, 11) is 0. The van der Waals surface area contributed by atoms with E-state index in [1.54, 1.807) is 19.6 Å². The maximum atomic E-state index is 15.8. The quantitative estimate of drug-likeness (QED) is 0.0671. The maximum Gasteiger partial charge on any atom is 0.317 e. The molecule has 0 radical (unpaired) electrons. The Labute approximate surface area is 361 Å². The summed E-state index contributed by atoms with van der Waals surface area (Å²) in [5.74, 6) is -8.52. The number of aliphatic carboxylic acids is 4. The number of ketones is 1. The van der Waals surface area contributed by atoms with Crippen molar-refractivity contribution in [1.29, 1.82) is 0 Å². The van der Waals surface area contributed by atoms with Gasteiger partial charge in [-0.3, -0.25) is 67.7 Å². The molecule has 2 fully saturated rings. The molecule has 3 aliphatic heterocycles. The molecule has 3 heterocycles. The minimum absolute atomic E-state index is 0. The van der Waals surface area contributed by atoms with Crippen molar-refractivity contribution >= 4 is 53.3 Å². The van der Waals surface area contributed by atoms with Gasteiger partial charge in [0, 0.05) is 143 Å². The van der Waals surface area contributed by atoms with Crippen molar-refractivity contribution < 1.29 is 108 Å². The second-order valence-corrected chi connectivity index (χ2v) is 14.2. The number of alkyl halides is 1. The Hall–Kier alpha value is -3.54. The predicted octanol–water partition coefficient (Wildman–Crippen LogP) is -2.34. The first-order chi connectivity index (χ1) is 26.4. The molecule has 0 aromatic heterocycles. The number of likely N-dealkylation sites (tertiary alicyclic amines) is 1. The number of carboxylic acids is 4. The molecule has 4 amide bonds. The van der Waals surface area contributed by atoms with Gasteiger partial charge in [0.05, 0.1) is 38.6 Å². The van der Waals surface area contributed by atoms with E-state index >= 15 is 4.39 Å². The minimum atomic E-state index is -2.39. The van der Waals surface area contributed by atoms with Gasteiger partial charge in [0.15, 0.2) is 11.5 Å². The number of piperidine rings is 1. The van der Waals surface area contributed by atoms with Gasteiger partial charge >= 0.3 is 23.9 Å². The van der Waals surface area contributed by atoms with Crippen molar-refractivity contribution in [2.24, 2.45) is 5.92 Å². The molecule has 0 aromatic carbocycles. The molecule has 1 atom stereocenters. The number of carbonyl (C=O) groups excluding carboxylic acids is 5. The number of carboxylic acid groups (broad SMARTS) is 4. The molecule has 0 aliphatic carbocycles. The van der Waals surface area contributed by atoms with Crippen LogP contribution in [0.2, 0.25) is 0 Å². The van der Waals surface area contributed by atoms with Crippen LogP contribution >= 0.6 is 0 Å². The number of nitrogens with one attached hydrogen (secondary N) is 1. The minimum Gasteiger partial charge on any atom is -0.481 e. The number of nitrogens with zero attached hydrogens (tertiary/aromatic N) is 6. The third-order valence-electron chi connectivity index (χ3n) is 10.0. The van der Waals surface area contributed by atoms with Gasteiger partial charge < -0.3 is 30.6 Å². The smallest absolute Gasteiger partial charge is 0.317 e. The van der Waals surface area contributed by atoms with Gasteiger partial charge in [-0.15, -0.1) is 0 Å². The molecule has 57 heavy (non-hydrogen) atoms. The number of unbranched alkanes of at least 4 members (excludes halogenated alkanes) is 1. The predicted molar refractivity (Wildman–Crippen MR) is 192 cm³/mol. The Morgan fingerprint density at radius 2 is 1.09 bits per heavy atom. The van der Waals surface area contributed by atoms with Crippen LogP contribution in [-0.4, -0.2) is 213 Å². The number of imide groups is 1. The van der Waals surface area contributed by atoms with Gasteiger partial charge in [0.2, 0.25) is 5.91 Å². The van der Waals surface area contributed by atoms with E-state index in [-0.39, 0.29) is 163 Å². The molecule has 3 rings (SSSR count). The number of amides is 4.